The minimum atomic E-state index is -1.22. The molecule has 1 amide bonds. The van der Waals surface area contributed by atoms with Gasteiger partial charge in [0.25, 0.3) is 0 Å². The first-order valence-corrected chi connectivity index (χ1v) is 6.68. The molecule has 1 rings (SSSR count). The molecular formula is C15H19NO5. The van der Waals surface area contributed by atoms with Gasteiger partial charge >= 0.3 is 11.9 Å². The number of benzene rings is 1. The molecule has 0 saturated carbocycles. The number of rotatable bonds is 8. The summed E-state index contributed by atoms with van der Waals surface area (Å²) in [5.74, 6) is -2.71. The van der Waals surface area contributed by atoms with Gasteiger partial charge in [-0.05, 0) is 25.3 Å². The lowest BCUT2D eigenvalue weighted by atomic mass is 10.1. The van der Waals surface area contributed by atoms with Crippen molar-refractivity contribution >= 4 is 17.8 Å². The molecule has 0 aliphatic heterocycles. The average molecular weight is 293 g/mol. The van der Waals surface area contributed by atoms with Crippen LogP contribution in [0.5, 0.6) is 0 Å². The molecule has 0 fully saturated rings. The van der Waals surface area contributed by atoms with E-state index in [9.17, 15) is 14.4 Å². The lowest BCUT2D eigenvalue weighted by molar-refractivity contribution is -0.143. The number of carbonyl (C=O) groups is 3. The molecule has 0 heterocycles. The maximum atomic E-state index is 11.7. The van der Waals surface area contributed by atoms with Gasteiger partial charge in [-0.25, -0.2) is 4.79 Å². The third kappa shape index (κ3) is 6.56. The summed E-state index contributed by atoms with van der Waals surface area (Å²) >= 11 is 0. The monoisotopic (exact) mass is 293 g/mol. The summed E-state index contributed by atoms with van der Waals surface area (Å²) in [6, 6.07) is 6.57. The molecule has 0 aromatic heterocycles. The number of carbonyl (C=O) groups excluding carboxylic acids is 1. The molecule has 1 aromatic carbocycles. The van der Waals surface area contributed by atoms with Crippen LogP contribution >= 0.6 is 0 Å². The van der Waals surface area contributed by atoms with Crippen molar-refractivity contribution in [3.8, 4) is 0 Å². The van der Waals surface area contributed by atoms with Crippen molar-refractivity contribution in [2.75, 3.05) is 0 Å². The van der Waals surface area contributed by atoms with Gasteiger partial charge in [-0.3, -0.25) is 9.59 Å². The molecule has 6 nitrogen and oxygen atoms in total. The Morgan fingerprint density at radius 2 is 1.71 bits per heavy atom. The fourth-order valence-electron chi connectivity index (χ4n) is 1.80. The Morgan fingerprint density at radius 1 is 1.10 bits per heavy atom. The highest BCUT2D eigenvalue weighted by Crippen LogP contribution is 2.06. The summed E-state index contributed by atoms with van der Waals surface area (Å²) in [7, 11) is 0. The van der Waals surface area contributed by atoms with Crippen LogP contribution in [0, 0.1) is 6.92 Å². The molecule has 114 valence electrons. The molecule has 0 bridgehead atoms. The van der Waals surface area contributed by atoms with E-state index >= 15 is 0 Å². The second kappa shape index (κ2) is 8.04. The Hall–Kier alpha value is -2.37. The lowest BCUT2D eigenvalue weighted by Crippen LogP contribution is -2.41. The van der Waals surface area contributed by atoms with Gasteiger partial charge in [-0.15, -0.1) is 0 Å². The zero-order chi connectivity index (χ0) is 15.8. The number of hydrogen-bond donors (Lipinski definition) is 3. The van der Waals surface area contributed by atoms with Gasteiger partial charge in [0.05, 0.1) is 0 Å². The smallest absolute Gasteiger partial charge is 0.326 e. The molecule has 0 spiro atoms. The predicted octanol–water partition coefficient (Wildman–Crippen LogP) is 1.36. The minimum absolute atomic E-state index is 0.124. The number of amides is 1. The van der Waals surface area contributed by atoms with Gasteiger partial charge in [-0.2, -0.15) is 0 Å². The van der Waals surface area contributed by atoms with Crippen molar-refractivity contribution in [2.24, 2.45) is 0 Å². The van der Waals surface area contributed by atoms with E-state index in [-0.39, 0.29) is 19.3 Å². The second-order valence-electron chi connectivity index (χ2n) is 4.88. The average Bonchev–Trinajstić information content (AvgIpc) is 2.42. The number of carboxylic acid groups (broad SMARTS) is 2. The van der Waals surface area contributed by atoms with Crippen molar-refractivity contribution in [1.29, 1.82) is 0 Å². The SMILES string of the molecule is Cc1ccc(CCC(=O)NC(CCC(=O)O)C(=O)O)cc1. The quantitative estimate of drug-likeness (QED) is 0.671. The lowest BCUT2D eigenvalue weighted by Gasteiger charge is -2.13. The maximum Gasteiger partial charge on any atom is 0.326 e. The highest BCUT2D eigenvalue weighted by atomic mass is 16.4. The van der Waals surface area contributed by atoms with E-state index in [1.54, 1.807) is 0 Å². The molecule has 1 aromatic rings. The Bertz CT molecular complexity index is 509. The van der Waals surface area contributed by atoms with Crippen LogP contribution in [0.2, 0.25) is 0 Å². The van der Waals surface area contributed by atoms with E-state index in [1.165, 1.54) is 0 Å². The maximum absolute atomic E-state index is 11.7. The Kier molecular flexibility index (Phi) is 6.39. The van der Waals surface area contributed by atoms with Crippen LogP contribution in [0.4, 0.5) is 0 Å². The minimum Gasteiger partial charge on any atom is -0.481 e. The van der Waals surface area contributed by atoms with Gasteiger partial charge in [-0.1, -0.05) is 29.8 Å². The number of nitrogens with one attached hydrogen (secondary N) is 1. The molecule has 21 heavy (non-hydrogen) atoms. The number of hydrogen-bond acceptors (Lipinski definition) is 3. The Balaban J connectivity index is 2.44. The largest absolute Gasteiger partial charge is 0.481 e. The summed E-state index contributed by atoms with van der Waals surface area (Å²) in [5, 5.41) is 19.8. The summed E-state index contributed by atoms with van der Waals surface area (Å²) in [6.07, 6.45) is 0.257. The van der Waals surface area contributed by atoms with Gasteiger partial charge < -0.3 is 15.5 Å². The van der Waals surface area contributed by atoms with Crippen molar-refractivity contribution in [3.05, 3.63) is 35.4 Å². The van der Waals surface area contributed by atoms with Crippen molar-refractivity contribution < 1.29 is 24.6 Å². The third-order valence-corrected chi connectivity index (χ3v) is 3.04. The van der Waals surface area contributed by atoms with E-state index in [2.05, 4.69) is 5.32 Å². The van der Waals surface area contributed by atoms with Gasteiger partial charge in [0.15, 0.2) is 0 Å². The van der Waals surface area contributed by atoms with Gasteiger partial charge in [0.2, 0.25) is 5.91 Å². The molecule has 6 heteroatoms. The van der Waals surface area contributed by atoms with Crippen LogP contribution in [-0.2, 0) is 20.8 Å². The van der Waals surface area contributed by atoms with Crippen LogP contribution < -0.4 is 5.32 Å². The van der Waals surface area contributed by atoms with E-state index < -0.39 is 23.9 Å². The second-order valence-corrected chi connectivity index (χ2v) is 4.88. The summed E-state index contributed by atoms with van der Waals surface area (Å²) in [4.78, 5) is 33.1. The zero-order valence-corrected chi connectivity index (χ0v) is 11.8. The molecular weight excluding hydrogens is 274 g/mol. The normalized spacial score (nSPS) is 11.7. The molecule has 1 unspecified atom stereocenters. The standard InChI is InChI=1S/C15H19NO5/c1-10-2-4-11(5-3-10)6-8-13(17)16-12(15(20)21)7-9-14(18)19/h2-5,12H,6-9H2,1H3,(H,16,17)(H,18,19)(H,20,21). The zero-order valence-electron chi connectivity index (χ0n) is 11.8. The van der Waals surface area contributed by atoms with Crippen LogP contribution in [-0.4, -0.2) is 34.1 Å². The number of carboxylic acids is 2. The molecule has 0 radical (unpaired) electrons. The van der Waals surface area contributed by atoms with E-state index in [4.69, 9.17) is 10.2 Å². The molecule has 1 atom stereocenters. The summed E-state index contributed by atoms with van der Waals surface area (Å²) in [5.41, 5.74) is 2.12. The van der Waals surface area contributed by atoms with Crippen LogP contribution in [0.1, 0.15) is 30.4 Å². The first kappa shape index (κ1) is 16.7. The third-order valence-electron chi connectivity index (χ3n) is 3.04. The topological polar surface area (TPSA) is 104 Å². The first-order valence-electron chi connectivity index (χ1n) is 6.68. The first-order chi connectivity index (χ1) is 9.88. The molecule has 0 aliphatic rings. The highest BCUT2D eigenvalue weighted by molar-refractivity contribution is 5.84. The predicted molar refractivity (Wildman–Crippen MR) is 75.9 cm³/mol. The van der Waals surface area contributed by atoms with Crippen LogP contribution in [0.25, 0.3) is 0 Å². The van der Waals surface area contributed by atoms with Gasteiger partial charge in [0.1, 0.15) is 6.04 Å². The van der Waals surface area contributed by atoms with Crippen molar-refractivity contribution in [2.45, 2.75) is 38.6 Å². The highest BCUT2D eigenvalue weighted by Gasteiger charge is 2.20. The fourth-order valence-corrected chi connectivity index (χ4v) is 1.80. The van der Waals surface area contributed by atoms with Crippen molar-refractivity contribution in [3.63, 3.8) is 0 Å². The molecule has 3 N–H and O–H groups in total. The Labute approximate surface area is 122 Å². The van der Waals surface area contributed by atoms with E-state index in [0.29, 0.717) is 6.42 Å². The van der Waals surface area contributed by atoms with Crippen LogP contribution in [0.15, 0.2) is 24.3 Å². The molecule has 0 saturated heterocycles. The van der Waals surface area contributed by atoms with E-state index in [0.717, 1.165) is 11.1 Å². The number of aliphatic carboxylic acids is 2. The summed E-state index contributed by atoms with van der Waals surface area (Å²) in [6.45, 7) is 1.97. The molecule has 0 aliphatic carbocycles. The summed E-state index contributed by atoms with van der Waals surface area (Å²) < 4.78 is 0. The van der Waals surface area contributed by atoms with Crippen LogP contribution in [0.3, 0.4) is 0 Å². The number of aryl methyl sites for hydroxylation is 2. The van der Waals surface area contributed by atoms with Gasteiger partial charge in [0, 0.05) is 12.8 Å². The fraction of sp³-hybridized carbons (Fsp3) is 0.400. The Morgan fingerprint density at radius 3 is 2.24 bits per heavy atom. The van der Waals surface area contributed by atoms with Crippen molar-refractivity contribution in [1.82, 2.24) is 5.32 Å². The van der Waals surface area contributed by atoms with E-state index in [1.807, 2.05) is 31.2 Å².